The summed E-state index contributed by atoms with van der Waals surface area (Å²) in [5.74, 6) is -0.299. The molecule has 22 heavy (non-hydrogen) atoms. The Morgan fingerprint density at radius 1 is 1.32 bits per heavy atom. The zero-order chi connectivity index (χ0) is 16.3. The Labute approximate surface area is 136 Å². The molecule has 1 aromatic carbocycles. The van der Waals surface area contributed by atoms with E-state index in [0.717, 1.165) is 25.6 Å². The van der Waals surface area contributed by atoms with Gasteiger partial charge in [-0.2, -0.15) is 13.2 Å². The van der Waals surface area contributed by atoms with Crippen molar-refractivity contribution in [3.05, 3.63) is 27.7 Å². The smallest absolute Gasteiger partial charge is 0.416 e. The molecule has 0 unspecified atom stereocenters. The monoisotopic (exact) mass is 380 g/mol. The molecule has 0 aliphatic carbocycles. The third-order valence-corrected chi connectivity index (χ3v) is 4.60. The molecule has 1 saturated heterocycles. The van der Waals surface area contributed by atoms with E-state index in [1.807, 2.05) is 11.8 Å². The average Bonchev–Trinajstić information content (AvgIpc) is 2.47. The number of halogens is 4. The van der Waals surface area contributed by atoms with Gasteiger partial charge < -0.3 is 10.4 Å². The molecule has 0 aromatic heterocycles. The highest BCUT2D eigenvalue weighted by molar-refractivity contribution is 9.10. The van der Waals surface area contributed by atoms with E-state index in [1.165, 1.54) is 6.07 Å². The highest BCUT2D eigenvalue weighted by atomic mass is 79.9. The maximum absolute atomic E-state index is 13.4. The van der Waals surface area contributed by atoms with E-state index in [4.69, 9.17) is 0 Å². The van der Waals surface area contributed by atoms with E-state index in [9.17, 15) is 18.3 Å². The quantitative estimate of drug-likeness (QED) is 0.830. The van der Waals surface area contributed by atoms with Gasteiger partial charge in [0.1, 0.15) is 5.75 Å². The van der Waals surface area contributed by atoms with E-state index in [0.29, 0.717) is 24.0 Å². The van der Waals surface area contributed by atoms with Crippen LogP contribution in [0.15, 0.2) is 16.6 Å². The third kappa shape index (κ3) is 3.75. The lowest BCUT2D eigenvalue weighted by Crippen LogP contribution is -2.45. The molecule has 124 valence electrons. The van der Waals surface area contributed by atoms with Crippen molar-refractivity contribution >= 4 is 15.9 Å². The van der Waals surface area contributed by atoms with E-state index < -0.39 is 17.8 Å². The van der Waals surface area contributed by atoms with Crippen molar-refractivity contribution in [2.75, 3.05) is 26.2 Å². The normalized spacial score (nSPS) is 18.4. The summed E-state index contributed by atoms with van der Waals surface area (Å²) in [6.07, 6.45) is -3.15. The predicted octanol–water partition coefficient (Wildman–Crippen LogP) is 3.92. The summed E-state index contributed by atoms with van der Waals surface area (Å²) in [4.78, 5) is 2.02. The van der Waals surface area contributed by atoms with Gasteiger partial charge in [0.25, 0.3) is 0 Å². The third-order valence-electron chi connectivity index (χ3n) is 3.96. The highest BCUT2D eigenvalue weighted by Crippen LogP contribution is 2.45. The topological polar surface area (TPSA) is 35.5 Å². The standard InChI is InChI=1S/C15H20BrF3N2O/c1-2-3-12(21-8-6-20-7-9-21)13-10(15(17,18)19)4-5-11(16)14(13)22/h4-5,12,20,22H,2-3,6-9H2,1H3/t12-/m0/s1. The number of nitrogens with one attached hydrogen (secondary N) is 1. The van der Waals surface area contributed by atoms with Gasteiger partial charge in [-0.1, -0.05) is 13.3 Å². The zero-order valence-corrected chi connectivity index (χ0v) is 14.0. The fourth-order valence-corrected chi connectivity index (χ4v) is 3.29. The van der Waals surface area contributed by atoms with Crippen LogP contribution in [0.5, 0.6) is 5.75 Å². The van der Waals surface area contributed by atoms with Crippen molar-refractivity contribution in [2.45, 2.75) is 32.0 Å². The molecule has 3 nitrogen and oxygen atoms in total. The van der Waals surface area contributed by atoms with Crippen molar-refractivity contribution in [2.24, 2.45) is 0 Å². The number of aromatic hydroxyl groups is 1. The van der Waals surface area contributed by atoms with E-state index in [1.54, 1.807) is 0 Å². The summed E-state index contributed by atoms with van der Waals surface area (Å²) in [5.41, 5.74) is -0.754. The van der Waals surface area contributed by atoms with E-state index in [-0.39, 0.29) is 11.3 Å². The molecule has 2 N–H and O–H groups in total. The SMILES string of the molecule is CCC[C@@H](c1c(C(F)(F)F)ccc(Br)c1O)N1CCNCC1. The first kappa shape index (κ1) is 17.6. The van der Waals surface area contributed by atoms with Crippen LogP contribution in [0.3, 0.4) is 0 Å². The second-order valence-electron chi connectivity index (χ2n) is 5.45. The van der Waals surface area contributed by atoms with Crippen LogP contribution in [0, 0.1) is 0 Å². The second-order valence-corrected chi connectivity index (χ2v) is 6.30. The predicted molar refractivity (Wildman–Crippen MR) is 82.9 cm³/mol. The summed E-state index contributed by atoms with van der Waals surface area (Å²) in [6, 6.07) is 1.87. The molecule has 1 aromatic rings. The summed E-state index contributed by atoms with van der Waals surface area (Å²) in [6.45, 7) is 4.78. The molecule has 1 atom stereocenters. The highest BCUT2D eigenvalue weighted by Gasteiger charge is 2.38. The van der Waals surface area contributed by atoms with Crippen LogP contribution in [0.4, 0.5) is 13.2 Å². The van der Waals surface area contributed by atoms with Crippen molar-refractivity contribution in [1.29, 1.82) is 0 Å². The first-order valence-corrected chi connectivity index (χ1v) is 8.19. The number of hydrogen-bond donors (Lipinski definition) is 2. The van der Waals surface area contributed by atoms with Gasteiger partial charge >= 0.3 is 6.18 Å². The van der Waals surface area contributed by atoms with Crippen LogP contribution in [0.2, 0.25) is 0 Å². The number of nitrogens with zero attached hydrogens (tertiary/aromatic N) is 1. The number of benzene rings is 1. The summed E-state index contributed by atoms with van der Waals surface area (Å²) in [5, 5.41) is 13.5. The maximum Gasteiger partial charge on any atom is 0.416 e. The van der Waals surface area contributed by atoms with Crippen molar-refractivity contribution in [3.8, 4) is 5.75 Å². The van der Waals surface area contributed by atoms with Gasteiger partial charge in [-0.05, 0) is 34.5 Å². The Hall–Kier alpha value is -0.790. The number of phenols is 1. The van der Waals surface area contributed by atoms with Crippen LogP contribution in [0.25, 0.3) is 0 Å². The van der Waals surface area contributed by atoms with Crippen molar-refractivity contribution < 1.29 is 18.3 Å². The lowest BCUT2D eigenvalue weighted by atomic mass is 9.93. The van der Waals surface area contributed by atoms with Gasteiger partial charge in [0.2, 0.25) is 0 Å². The van der Waals surface area contributed by atoms with Gasteiger partial charge in [0, 0.05) is 37.8 Å². The second kappa shape index (κ2) is 7.19. The number of hydrogen-bond acceptors (Lipinski definition) is 3. The average molecular weight is 381 g/mol. The molecule has 0 amide bonds. The van der Waals surface area contributed by atoms with Crippen molar-refractivity contribution in [3.63, 3.8) is 0 Å². The number of rotatable bonds is 4. The molecule has 2 rings (SSSR count). The summed E-state index contributed by atoms with van der Waals surface area (Å²) < 4.78 is 40.4. The molecule has 0 radical (unpaired) electrons. The molecule has 7 heteroatoms. The van der Waals surface area contributed by atoms with E-state index >= 15 is 0 Å². The van der Waals surface area contributed by atoms with Gasteiger partial charge in [-0.25, -0.2) is 0 Å². The summed E-state index contributed by atoms with van der Waals surface area (Å²) >= 11 is 3.14. The minimum Gasteiger partial charge on any atom is -0.506 e. The maximum atomic E-state index is 13.4. The summed E-state index contributed by atoms with van der Waals surface area (Å²) in [7, 11) is 0. The Balaban J connectivity index is 2.51. The first-order valence-electron chi connectivity index (χ1n) is 7.39. The minimum atomic E-state index is -4.48. The first-order chi connectivity index (χ1) is 10.4. The number of alkyl halides is 3. The molecule has 1 fully saturated rings. The van der Waals surface area contributed by atoms with Crippen LogP contribution < -0.4 is 5.32 Å². The lowest BCUT2D eigenvalue weighted by Gasteiger charge is -2.36. The van der Waals surface area contributed by atoms with Gasteiger partial charge in [-0.3, -0.25) is 4.90 Å². The molecule has 1 heterocycles. The Morgan fingerprint density at radius 2 is 1.95 bits per heavy atom. The Morgan fingerprint density at radius 3 is 2.50 bits per heavy atom. The molecular formula is C15H20BrF3N2O. The number of phenolic OH excluding ortho intramolecular Hbond substituents is 1. The Kier molecular flexibility index (Phi) is 5.74. The van der Waals surface area contributed by atoms with Crippen LogP contribution in [-0.2, 0) is 6.18 Å². The van der Waals surface area contributed by atoms with Gasteiger partial charge in [0.15, 0.2) is 0 Å². The largest absolute Gasteiger partial charge is 0.506 e. The molecule has 0 saturated carbocycles. The van der Waals surface area contributed by atoms with Gasteiger partial charge in [-0.15, -0.1) is 0 Å². The fourth-order valence-electron chi connectivity index (χ4n) is 2.94. The lowest BCUT2D eigenvalue weighted by molar-refractivity contribution is -0.139. The van der Waals surface area contributed by atoms with E-state index in [2.05, 4.69) is 21.2 Å². The molecule has 1 aliphatic rings. The molecule has 0 spiro atoms. The minimum absolute atomic E-state index is 0.00868. The van der Waals surface area contributed by atoms with Crippen LogP contribution >= 0.6 is 15.9 Å². The zero-order valence-electron chi connectivity index (χ0n) is 12.4. The van der Waals surface area contributed by atoms with Crippen LogP contribution in [-0.4, -0.2) is 36.2 Å². The fraction of sp³-hybridized carbons (Fsp3) is 0.600. The number of piperazine rings is 1. The molecule has 0 bridgehead atoms. The Bertz CT molecular complexity index is 516. The van der Waals surface area contributed by atoms with Gasteiger partial charge in [0.05, 0.1) is 10.0 Å². The molecule has 1 aliphatic heterocycles. The molecular weight excluding hydrogens is 361 g/mol. The van der Waals surface area contributed by atoms with Crippen LogP contribution in [0.1, 0.15) is 36.9 Å². The van der Waals surface area contributed by atoms with Crippen molar-refractivity contribution in [1.82, 2.24) is 10.2 Å².